The SMILES string of the molecule is O=C(C[n+]1ccccc1)C1CCc2ccccc2C1.[O-][Cl+](O)(O)O. The van der Waals surface area contributed by atoms with Crippen LogP contribution >= 0.6 is 0 Å². The Kier molecular flexibility index (Phi) is 6.42. The molecule has 0 aliphatic heterocycles. The molecule has 0 amide bonds. The molecule has 3 N–H and O–H groups in total. The molecule has 0 saturated carbocycles. The number of aryl methyl sites for hydroxylation is 1. The standard InChI is InChI=1S/C17H18NO.ClH3O4/c19-17(13-18-10-4-1-5-11-18)16-9-8-14-6-2-3-7-15(14)12-16;2-1(3,4)5/h1-7,10-11,16H,8-9,12-13H2;2-4H/q+1;. The van der Waals surface area contributed by atoms with Gasteiger partial charge in [-0.2, -0.15) is 4.57 Å². The Morgan fingerprint density at radius 2 is 1.67 bits per heavy atom. The van der Waals surface area contributed by atoms with Crippen LogP contribution in [0.15, 0.2) is 54.9 Å². The first-order valence-corrected chi connectivity index (χ1v) is 8.85. The number of carbonyl (C=O) groups excluding carboxylic acids is 1. The second-order valence-corrected chi connectivity index (χ2v) is 6.52. The molecule has 130 valence electrons. The molecule has 0 spiro atoms. The molecule has 1 aromatic carbocycles. The zero-order valence-corrected chi connectivity index (χ0v) is 13.8. The molecule has 24 heavy (non-hydrogen) atoms. The molecule has 1 heterocycles. The first-order valence-electron chi connectivity index (χ1n) is 7.52. The van der Waals surface area contributed by atoms with Crippen LogP contribution in [0.1, 0.15) is 17.5 Å². The number of benzene rings is 1. The number of halogens is 1. The molecular formula is C17H21ClNO5+. The predicted octanol–water partition coefficient (Wildman–Crippen LogP) is -0.512. The Balaban J connectivity index is 0.000000368. The van der Waals surface area contributed by atoms with E-state index in [1.165, 1.54) is 11.1 Å². The Morgan fingerprint density at radius 1 is 1.08 bits per heavy atom. The number of Topliss-reactive ketones (excluding diaryl/α,β-unsaturated/α-hetero) is 1. The Hall–Kier alpha value is -1.83. The van der Waals surface area contributed by atoms with Gasteiger partial charge in [0.05, 0.1) is 0 Å². The quantitative estimate of drug-likeness (QED) is 0.644. The summed E-state index contributed by atoms with van der Waals surface area (Å²) in [5, 5.41) is 0. The molecule has 6 nitrogen and oxygen atoms in total. The van der Waals surface area contributed by atoms with Crippen molar-refractivity contribution in [3.05, 3.63) is 66.0 Å². The third-order valence-corrected chi connectivity index (χ3v) is 3.92. The number of hydrogen-bond acceptors (Lipinski definition) is 5. The number of pyridine rings is 1. The maximum absolute atomic E-state index is 12.4. The van der Waals surface area contributed by atoms with Crippen LogP contribution in [0.2, 0.25) is 0 Å². The number of aromatic nitrogens is 1. The summed E-state index contributed by atoms with van der Waals surface area (Å²) in [7, 11) is -4.19. The van der Waals surface area contributed by atoms with Gasteiger partial charge in [0.15, 0.2) is 12.4 Å². The van der Waals surface area contributed by atoms with E-state index < -0.39 is 10.2 Å². The van der Waals surface area contributed by atoms with E-state index in [0.717, 1.165) is 19.3 Å². The Labute approximate surface area is 142 Å². The summed E-state index contributed by atoms with van der Waals surface area (Å²) in [6.07, 6.45) is 6.83. The molecule has 1 unspecified atom stereocenters. The van der Waals surface area contributed by atoms with Gasteiger partial charge in [-0.1, -0.05) is 30.3 Å². The minimum absolute atomic E-state index is 0.183. The van der Waals surface area contributed by atoms with E-state index in [1.54, 1.807) is 0 Å². The normalized spacial score (nSPS) is 17.2. The molecule has 1 aliphatic rings. The van der Waals surface area contributed by atoms with E-state index >= 15 is 0 Å². The van der Waals surface area contributed by atoms with Crippen molar-refractivity contribution < 1.29 is 38.2 Å². The van der Waals surface area contributed by atoms with Crippen LogP contribution in [0.5, 0.6) is 0 Å². The summed E-state index contributed by atoms with van der Waals surface area (Å²) >= 11 is 0. The number of nitrogens with zero attached hydrogens (tertiary/aromatic N) is 1. The van der Waals surface area contributed by atoms with Gasteiger partial charge in [-0.3, -0.25) is 4.79 Å². The van der Waals surface area contributed by atoms with Crippen molar-refractivity contribution in [1.29, 1.82) is 0 Å². The monoisotopic (exact) mass is 354 g/mol. The molecule has 1 atom stereocenters. The second kappa shape index (κ2) is 8.32. The molecule has 0 radical (unpaired) electrons. The predicted molar refractivity (Wildman–Crippen MR) is 80.3 cm³/mol. The molecule has 3 rings (SSSR count). The molecule has 1 aromatic heterocycles. The summed E-state index contributed by atoms with van der Waals surface area (Å²) in [4.78, 5) is 12.4. The molecule has 0 fully saturated rings. The average Bonchev–Trinajstić information content (AvgIpc) is 2.54. The van der Waals surface area contributed by atoms with Crippen molar-refractivity contribution in [2.45, 2.75) is 25.8 Å². The van der Waals surface area contributed by atoms with Gasteiger partial charge in [-0.25, -0.2) is 0 Å². The summed E-state index contributed by atoms with van der Waals surface area (Å²) in [6, 6.07) is 14.4. The van der Waals surface area contributed by atoms with Gasteiger partial charge < -0.3 is 0 Å². The van der Waals surface area contributed by atoms with Crippen LogP contribution < -0.4 is 9.23 Å². The van der Waals surface area contributed by atoms with Crippen molar-refractivity contribution in [3.63, 3.8) is 0 Å². The third-order valence-electron chi connectivity index (χ3n) is 3.92. The molecule has 1 aliphatic carbocycles. The van der Waals surface area contributed by atoms with Crippen LogP contribution in [0, 0.1) is 16.2 Å². The summed E-state index contributed by atoms with van der Waals surface area (Å²) < 4.78 is 32.2. The fraction of sp³-hybridized carbons (Fsp3) is 0.294. The molecule has 2 aromatic rings. The average molecular weight is 355 g/mol. The van der Waals surface area contributed by atoms with E-state index in [4.69, 9.17) is 18.6 Å². The zero-order chi connectivity index (χ0) is 17.6. The summed E-state index contributed by atoms with van der Waals surface area (Å²) in [5.74, 6) is 0.535. The van der Waals surface area contributed by atoms with Crippen LogP contribution in [0.3, 0.4) is 0 Å². The number of rotatable bonds is 3. The maximum atomic E-state index is 12.4. The van der Waals surface area contributed by atoms with E-state index in [2.05, 4.69) is 24.3 Å². The van der Waals surface area contributed by atoms with Crippen LogP contribution in [-0.2, 0) is 24.2 Å². The van der Waals surface area contributed by atoms with E-state index in [9.17, 15) is 4.79 Å². The Morgan fingerprint density at radius 3 is 2.29 bits per heavy atom. The van der Waals surface area contributed by atoms with Crippen molar-refractivity contribution in [1.82, 2.24) is 0 Å². The van der Waals surface area contributed by atoms with Gasteiger partial charge in [0.1, 0.15) is 0 Å². The number of carbonyl (C=O) groups is 1. The van der Waals surface area contributed by atoms with E-state index in [0.29, 0.717) is 12.3 Å². The van der Waals surface area contributed by atoms with E-state index in [-0.39, 0.29) is 5.92 Å². The molecule has 0 saturated heterocycles. The number of ketones is 1. The topological polar surface area (TPSA) is 105 Å². The van der Waals surface area contributed by atoms with Crippen LogP contribution in [-0.4, -0.2) is 19.8 Å². The third kappa shape index (κ3) is 6.35. The van der Waals surface area contributed by atoms with Gasteiger partial charge in [-0.15, -0.1) is 0 Å². The summed E-state index contributed by atoms with van der Waals surface area (Å²) in [6.45, 7) is 0.494. The molecule has 7 heteroatoms. The van der Waals surface area contributed by atoms with Gasteiger partial charge in [-0.05, 0) is 30.4 Å². The number of hydrogen-bond donors (Lipinski definition) is 3. The van der Waals surface area contributed by atoms with Crippen molar-refractivity contribution in [2.75, 3.05) is 0 Å². The first kappa shape index (κ1) is 18.5. The van der Waals surface area contributed by atoms with Gasteiger partial charge in [0.25, 0.3) is 0 Å². The van der Waals surface area contributed by atoms with Gasteiger partial charge in [0.2, 0.25) is 12.3 Å². The van der Waals surface area contributed by atoms with E-state index in [1.807, 2.05) is 35.2 Å². The Bertz CT molecular complexity index is 666. The fourth-order valence-corrected chi connectivity index (χ4v) is 2.82. The minimum atomic E-state index is -4.19. The van der Waals surface area contributed by atoms with Crippen molar-refractivity contribution in [2.24, 2.45) is 5.92 Å². The first-order chi connectivity index (χ1) is 11.3. The zero-order valence-electron chi connectivity index (χ0n) is 13.1. The molecular weight excluding hydrogens is 334 g/mol. The fourth-order valence-electron chi connectivity index (χ4n) is 2.82. The number of fused-ring (bicyclic) bond motifs is 1. The van der Waals surface area contributed by atoms with Crippen molar-refractivity contribution in [3.8, 4) is 0 Å². The second-order valence-electron chi connectivity index (χ2n) is 5.66. The van der Waals surface area contributed by atoms with Crippen LogP contribution in [0.25, 0.3) is 0 Å². The van der Waals surface area contributed by atoms with Gasteiger partial charge in [0, 0.05) is 18.1 Å². The van der Waals surface area contributed by atoms with Crippen molar-refractivity contribution >= 4 is 5.78 Å². The van der Waals surface area contributed by atoms with Gasteiger partial charge >= 0.3 is 28.9 Å². The summed E-state index contributed by atoms with van der Waals surface area (Å²) in [5.41, 5.74) is 2.77. The molecule has 0 bridgehead atoms. The van der Waals surface area contributed by atoms with Crippen LogP contribution in [0.4, 0.5) is 0 Å².